The first-order valence-corrected chi connectivity index (χ1v) is 7.58. The lowest BCUT2D eigenvalue weighted by Crippen LogP contribution is -2.54. The average Bonchev–Trinajstić information content (AvgIpc) is 2.40. The summed E-state index contributed by atoms with van der Waals surface area (Å²) in [6.07, 6.45) is 6.63. The van der Waals surface area contributed by atoms with E-state index in [1.165, 1.54) is 0 Å². The van der Waals surface area contributed by atoms with Crippen LogP contribution in [-0.4, -0.2) is 33.1 Å². The van der Waals surface area contributed by atoms with E-state index in [1.807, 2.05) is 36.4 Å². The van der Waals surface area contributed by atoms with Crippen LogP contribution in [0, 0.1) is 0 Å². The van der Waals surface area contributed by atoms with E-state index >= 15 is 0 Å². The minimum absolute atomic E-state index is 0.455. The number of nitrogens with two attached hydrogens (primary N) is 1. The molecule has 1 aromatic rings. The molecule has 1 atom stereocenters. The number of hydrogen-bond donors (Lipinski definition) is 1. The quantitative estimate of drug-likeness (QED) is 0.845. The van der Waals surface area contributed by atoms with Gasteiger partial charge in [-0.15, -0.1) is 0 Å². The van der Waals surface area contributed by atoms with Crippen molar-refractivity contribution in [2.24, 2.45) is 5.73 Å². The standard InChI is InChI=1S/C14H20N2O2Si/c15-13(17)16(14(19)9-4-5-11-18-14)10-8-12-6-2-1-3-7-12/h1-3,6-8,10H,4-5,9,11H2,19H3,(H2,15,17). The van der Waals surface area contributed by atoms with Crippen molar-refractivity contribution in [3.05, 3.63) is 42.1 Å². The van der Waals surface area contributed by atoms with Gasteiger partial charge in [-0.2, -0.15) is 0 Å². The largest absolute Gasteiger partial charge is 0.360 e. The van der Waals surface area contributed by atoms with E-state index in [1.54, 1.807) is 11.1 Å². The van der Waals surface area contributed by atoms with Crippen LogP contribution in [0.25, 0.3) is 6.08 Å². The number of rotatable bonds is 3. The zero-order valence-electron chi connectivity index (χ0n) is 11.2. The van der Waals surface area contributed by atoms with Crippen molar-refractivity contribution in [1.82, 2.24) is 4.90 Å². The molecule has 0 spiro atoms. The third-order valence-corrected chi connectivity index (χ3v) is 4.68. The fourth-order valence-electron chi connectivity index (χ4n) is 2.30. The number of benzene rings is 1. The van der Waals surface area contributed by atoms with E-state index in [0.29, 0.717) is 6.61 Å². The predicted molar refractivity (Wildman–Crippen MR) is 79.4 cm³/mol. The Labute approximate surface area is 116 Å². The zero-order valence-corrected chi connectivity index (χ0v) is 13.2. The summed E-state index contributed by atoms with van der Waals surface area (Å²) in [5.74, 6) is 0. The van der Waals surface area contributed by atoms with Crippen molar-refractivity contribution in [3.63, 3.8) is 0 Å². The van der Waals surface area contributed by atoms with E-state index in [0.717, 1.165) is 35.1 Å². The Balaban J connectivity index is 2.16. The second-order valence-corrected chi connectivity index (χ2v) is 6.48. The number of carbonyl (C=O) groups is 1. The number of urea groups is 1. The van der Waals surface area contributed by atoms with Crippen LogP contribution in [0.15, 0.2) is 36.5 Å². The van der Waals surface area contributed by atoms with Crippen molar-refractivity contribution >= 4 is 22.3 Å². The van der Waals surface area contributed by atoms with Crippen molar-refractivity contribution in [3.8, 4) is 0 Å². The summed E-state index contributed by atoms with van der Waals surface area (Å²) in [7, 11) is 0.739. The summed E-state index contributed by atoms with van der Waals surface area (Å²) in [5.41, 5.74) is 6.53. The Bertz CT molecular complexity index is 456. The fraction of sp³-hybridized carbons (Fsp3) is 0.357. The lowest BCUT2D eigenvalue weighted by atomic mass is 10.1. The molecule has 1 heterocycles. The number of hydrogen-bond acceptors (Lipinski definition) is 2. The maximum absolute atomic E-state index is 11.7. The van der Waals surface area contributed by atoms with Crippen molar-refractivity contribution in [2.45, 2.75) is 24.6 Å². The fourth-order valence-corrected chi connectivity index (χ4v) is 3.23. The molecular formula is C14H20N2O2Si. The summed E-state index contributed by atoms with van der Waals surface area (Å²) in [4.78, 5) is 13.2. The van der Waals surface area contributed by atoms with Gasteiger partial charge in [-0.3, -0.25) is 4.90 Å². The van der Waals surface area contributed by atoms with Crippen LogP contribution in [-0.2, 0) is 4.74 Å². The smallest absolute Gasteiger partial charge is 0.320 e. The SMILES string of the molecule is NC(=O)N(C=Cc1ccccc1)C1([SiH3])CCCCO1. The number of ether oxygens (including phenoxy) is 1. The van der Waals surface area contributed by atoms with Gasteiger partial charge in [0.05, 0.1) is 10.2 Å². The van der Waals surface area contributed by atoms with E-state index in [4.69, 9.17) is 10.5 Å². The van der Waals surface area contributed by atoms with Crippen LogP contribution in [0.1, 0.15) is 24.8 Å². The number of nitrogens with zero attached hydrogens (tertiary/aromatic N) is 1. The Morgan fingerprint density at radius 2 is 2.11 bits per heavy atom. The Hall–Kier alpha value is -1.59. The van der Waals surface area contributed by atoms with Crippen LogP contribution >= 0.6 is 0 Å². The summed E-state index contributed by atoms with van der Waals surface area (Å²) < 4.78 is 5.81. The monoisotopic (exact) mass is 276 g/mol. The number of amides is 2. The molecule has 1 aliphatic heterocycles. The van der Waals surface area contributed by atoms with Gasteiger partial charge in [0.25, 0.3) is 0 Å². The van der Waals surface area contributed by atoms with Gasteiger partial charge in [0.1, 0.15) is 5.35 Å². The van der Waals surface area contributed by atoms with E-state index in [-0.39, 0.29) is 0 Å². The van der Waals surface area contributed by atoms with Gasteiger partial charge in [-0.1, -0.05) is 30.3 Å². The summed E-state index contributed by atoms with van der Waals surface area (Å²) in [6, 6.07) is 9.39. The van der Waals surface area contributed by atoms with Gasteiger partial charge in [0, 0.05) is 12.8 Å². The first-order valence-electron chi connectivity index (χ1n) is 6.58. The lowest BCUT2D eigenvalue weighted by molar-refractivity contribution is -0.0823. The molecule has 19 heavy (non-hydrogen) atoms. The first-order chi connectivity index (χ1) is 9.12. The molecule has 5 heteroatoms. The molecule has 0 aliphatic carbocycles. The highest BCUT2D eigenvalue weighted by Gasteiger charge is 2.35. The Morgan fingerprint density at radius 1 is 1.37 bits per heavy atom. The molecule has 1 saturated heterocycles. The minimum atomic E-state index is -0.491. The molecule has 2 rings (SSSR count). The maximum atomic E-state index is 11.7. The molecule has 0 saturated carbocycles. The molecule has 1 unspecified atom stereocenters. The van der Waals surface area contributed by atoms with Gasteiger partial charge in [-0.25, -0.2) is 4.79 Å². The minimum Gasteiger partial charge on any atom is -0.360 e. The van der Waals surface area contributed by atoms with Gasteiger partial charge >= 0.3 is 6.03 Å². The van der Waals surface area contributed by atoms with Gasteiger partial charge < -0.3 is 10.5 Å². The predicted octanol–water partition coefficient (Wildman–Crippen LogP) is 1.26. The Kier molecular flexibility index (Phi) is 4.39. The van der Waals surface area contributed by atoms with Crippen molar-refractivity contribution in [2.75, 3.05) is 6.61 Å². The van der Waals surface area contributed by atoms with Crippen LogP contribution in [0.3, 0.4) is 0 Å². The normalized spacial score (nSPS) is 23.6. The summed E-state index contributed by atoms with van der Waals surface area (Å²) in [6.45, 7) is 0.701. The molecule has 0 aromatic heterocycles. The first kappa shape index (κ1) is 13.8. The molecule has 1 fully saturated rings. The van der Waals surface area contributed by atoms with Gasteiger partial charge in [-0.05, 0) is 30.9 Å². The van der Waals surface area contributed by atoms with Crippen LogP contribution in [0.2, 0.25) is 0 Å². The highest BCUT2D eigenvalue weighted by molar-refractivity contribution is 6.15. The molecule has 0 bridgehead atoms. The van der Waals surface area contributed by atoms with Gasteiger partial charge in [0.15, 0.2) is 0 Å². The third kappa shape index (κ3) is 3.45. The Morgan fingerprint density at radius 3 is 2.68 bits per heavy atom. The van der Waals surface area contributed by atoms with Crippen LogP contribution in [0.5, 0.6) is 0 Å². The molecule has 1 aliphatic rings. The summed E-state index contributed by atoms with van der Waals surface area (Å²) >= 11 is 0. The van der Waals surface area contributed by atoms with Crippen LogP contribution < -0.4 is 5.73 Å². The van der Waals surface area contributed by atoms with Crippen LogP contribution in [0.4, 0.5) is 4.79 Å². The van der Waals surface area contributed by atoms with Crippen molar-refractivity contribution in [1.29, 1.82) is 0 Å². The molecule has 2 amide bonds. The second kappa shape index (κ2) is 6.03. The highest BCUT2D eigenvalue weighted by atomic mass is 28.1. The molecule has 102 valence electrons. The third-order valence-electron chi connectivity index (χ3n) is 3.41. The lowest BCUT2D eigenvalue weighted by Gasteiger charge is -2.41. The molecular weight excluding hydrogens is 256 g/mol. The van der Waals surface area contributed by atoms with E-state index < -0.39 is 11.4 Å². The topological polar surface area (TPSA) is 55.6 Å². The molecule has 1 aromatic carbocycles. The average molecular weight is 276 g/mol. The number of carbonyl (C=O) groups excluding carboxylic acids is 1. The number of primary amides is 1. The highest BCUT2D eigenvalue weighted by Crippen LogP contribution is 2.26. The maximum Gasteiger partial charge on any atom is 0.320 e. The second-order valence-electron chi connectivity index (χ2n) is 4.92. The van der Waals surface area contributed by atoms with Gasteiger partial charge in [0.2, 0.25) is 0 Å². The molecule has 4 nitrogen and oxygen atoms in total. The zero-order chi connectivity index (χ0) is 13.7. The molecule has 0 radical (unpaired) electrons. The van der Waals surface area contributed by atoms with Crippen molar-refractivity contribution < 1.29 is 9.53 Å². The molecule has 2 N–H and O–H groups in total. The summed E-state index contributed by atoms with van der Waals surface area (Å²) in [5, 5.41) is -0.491. The van der Waals surface area contributed by atoms with E-state index in [9.17, 15) is 4.79 Å². The van der Waals surface area contributed by atoms with E-state index in [2.05, 4.69) is 0 Å².